The number of pyridine rings is 1. The first-order valence-electron chi connectivity index (χ1n) is 6.01. The summed E-state index contributed by atoms with van der Waals surface area (Å²) >= 11 is 0. The lowest BCUT2D eigenvalue weighted by atomic mass is 10.3. The lowest BCUT2D eigenvalue weighted by Gasteiger charge is -2.20. The Balaban J connectivity index is 2.45. The summed E-state index contributed by atoms with van der Waals surface area (Å²) in [7, 11) is 0. The molecule has 0 radical (unpaired) electrons. The highest BCUT2D eigenvalue weighted by Crippen LogP contribution is 1.93. The van der Waals surface area contributed by atoms with Crippen molar-refractivity contribution in [2.75, 3.05) is 19.6 Å². The van der Waals surface area contributed by atoms with Crippen molar-refractivity contribution in [3.8, 4) is 0 Å². The van der Waals surface area contributed by atoms with Crippen molar-refractivity contribution in [2.24, 2.45) is 10.9 Å². The fraction of sp³-hybridized carbons (Fsp3) is 0.500. The molecule has 0 aliphatic heterocycles. The van der Waals surface area contributed by atoms with E-state index < -0.39 is 0 Å². The molecule has 0 spiro atoms. The van der Waals surface area contributed by atoms with E-state index in [0.29, 0.717) is 19.5 Å². The Bertz CT molecular complexity index is 442. The Kier molecular flexibility index (Phi) is 5.93. The van der Waals surface area contributed by atoms with E-state index in [9.17, 15) is 4.79 Å². The first-order chi connectivity index (χ1) is 8.67. The Labute approximate surface area is 106 Å². The Morgan fingerprint density at radius 3 is 2.89 bits per heavy atom. The van der Waals surface area contributed by atoms with Crippen molar-refractivity contribution >= 4 is 5.84 Å². The molecule has 6 nitrogen and oxygen atoms in total. The van der Waals surface area contributed by atoms with Crippen molar-refractivity contribution < 1.29 is 5.21 Å². The summed E-state index contributed by atoms with van der Waals surface area (Å²) < 4.78 is 1.67. The zero-order chi connectivity index (χ0) is 13.4. The lowest BCUT2D eigenvalue weighted by Crippen LogP contribution is -2.33. The van der Waals surface area contributed by atoms with E-state index in [1.807, 2.05) is 13.0 Å². The third-order valence-corrected chi connectivity index (χ3v) is 2.82. The molecule has 0 fully saturated rings. The highest BCUT2D eigenvalue weighted by Gasteiger charge is 2.04. The van der Waals surface area contributed by atoms with Gasteiger partial charge in [0.2, 0.25) is 0 Å². The van der Waals surface area contributed by atoms with Crippen molar-refractivity contribution in [3.05, 3.63) is 34.7 Å². The number of hydrogen-bond acceptors (Lipinski definition) is 4. The quantitative estimate of drug-likeness (QED) is 0.316. The summed E-state index contributed by atoms with van der Waals surface area (Å²) in [6, 6.07) is 5.12. The van der Waals surface area contributed by atoms with Gasteiger partial charge in [0.05, 0.1) is 0 Å². The minimum absolute atomic E-state index is 0.00462. The molecule has 1 heterocycles. The number of amidine groups is 1. The first-order valence-corrected chi connectivity index (χ1v) is 6.01. The van der Waals surface area contributed by atoms with Gasteiger partial charge in [-0.2, -0.15) is 0 Å². The molecule has 0 aromatic carbocycles. The van der Waals surface area contributed by atoms with Crippen LogP contribution in [0.25, 0.3) is 0 Å². The van der Waals surface area contributed by atoms with Crippen molar-refractivity contribution in [1.29, 1.82) is 0 Å². The van der Waals surface area contributed by atoms with E-state index in [1.54, 1.807) is 22.9 Å². The minimum Gasteiger partial charge on any atom is -0.409 e. The van der Waals surface area contributed by atoms with Gasteiger partial charge in [0.1, 0.15) is 5.84 Å². The topological polar surface area (TPSA) is 83.8 Å². The number of nitrogens with two attached hydrogens (primary N) is 1. The van der Waals surface area contributed by atoms with Crippen LogP contribution in [-0.4, -0.2) is 40.1 Å². The van der Waals surface area contributed by atoms with Gasteiger partial charge in [-0.15, -0.1) is 0 Å². The Morgan fingerprint density at radius 1 is 1.50 bits per heavy atom. The molecule has 3 N–H and O–H groups in total. The molecule has 1 rings (SSSR count). The molecule has 6 heteroatoms. The lowest BCUT2D eigenvalue weighted by molar-refractivity contribution is 0.278. The van der Waals surface area contributed by atoms with Crippen LogP contribution >= 0.6 is 0 Å². The molecule has 0 saturated carbocycles. The van der Waals surface area contributed by atoms with Crippen LogP contribution in [0, 0.1) is 0 Å². The van der Waals surface area contributed by atoms with E-state index in [1.165, 1.54) is 0 Å². The van der Waals surface area contributed by atoms with Gasteiger partial charge in [0.15, 0.2) is 0 Å². The molecular formula is C12H20N4O2. The van der Waals surface area contributed by atoms with Crippen LogP contribution in [0.1, 0.15) is 13.3 Å². The highest BCUT2D eigenvalue weighted by atomic mass is 16.4. The second kappa shape index (κ2) is 7.50. The van der Waals surface area contributed by atoms with Gasteiger partial charge < -0.3 is 20.4 Å². The van der Waals surface area contributed by atoms with E-state index >= 15 is 0 Å². The monoisotopic (exact) mass is 252 g/mol. The number of hydrogen-bond donors (Lipinski definition) is 2. The van der Waals surface area contributed by atoms with E-state index in [4.69, 9.17) is 10.9 Å². The van der Waals surface area contributed by atoms with Crippen molar-refractivity contribution in [3.63, 3.8) is 0 Å². The highest BCUT2D eigenvalue weighted by molar-refractivity contribution is 5.79. The van der Waals surface area contributed by atoms with Crippen LogP contribution in [0.3, 0.4) is 0 Å². The molecule has 0 saturated heterocycles. The van der Waals surface area contributed by atoms with Gasteiger partial charge in [-0.1, -0.05) is 18.1 Å². The molecule has 0 atom stereocenters. The fourth-order valence-electron chi connectivity index (χ4n) is 1.65. The average molecular weight is 252 g/mol. The van der Waals surface area contributed by atoms with Gasteiger partial charge in [0, 0.05) is 38.3 Å². The zero-order valence-electron chi connectivity index (χ0n) is 10.6. The van der Waals surface area contributed by atoms with Crippen LogP contribution in [0.5, 0.6) is 0 Å². The second-order valence-electron chi connectivity index (χ2n) is 4.01. The van der Waals surface area contributed by atoms with Crippen LogP contribution in [-0.2, 0) is 6.54 Å². The van der Waals surface area contributed by atoms with Crippen LogP contribution < -0.4 is 11.3 Å². The molecule has 100 valence electrons. The third-order valence-electron chi connectivity index (χ3n) is 2.82. The first kappa shape index (κ1) is 14.2. The maximum Gasteiger partial charge on any atom is 0.250 e. The summed E-state index contributed by atoms with van der Waals surface area (Å²) in [6.45, 7) is 5.02. The number of nitrogens with zero attached hydrogens (tertiary/aromatic N) is 3. The van der Waals surface area contributed by atoms with Crippen LogP contribution in [0.15, 0.2) is 34.3 Å². The standard InChI is InChI=1S/C12H20N4O2/c1-2-15(8-6-11(13)14-18)9-10-16-7-4-3-5-12(16)17/h3-5,7,18H,2,6,8-10H2,1H3,(H2,13,14). The second-order valence-corrected chi connectivity index (χ2v) is 4.01. The fourth-order valence-corrected chi connectivity index (χ4v) is 1.65. The Hall–Kier alpha value is -1.82. The maximum absolute atomic E-state index is 11.5. The third kappa shape index (κ3) is 4.58. The smallest absolute Gasteiger partial charge is 0.250 e. The average Bonchev–Trinajstić information content (AvgIpc) is 2.40. The zero-order valence-corrected chi connectivity index (χ0v) is 10.6. The molecule has 0 unspecified atom stereocenters. The van der Waals surface area contributed by atoms with Crippen molar-refractivity contribution in [2.45, 2.75) is 19.9 Å². The largest absolute Gasteiger partial charge is 0.409 e. The predicted molar refractivity (Wildman–Crippen MR) is 70.8 cm³/mol. The maximum atomic E-state index is 11.5. The summed E-state index contributed by atoms with van der Waals surface area (Å²) in [6.07, 6.45) is 2.30. The summed E-state index contributed by atoms with van der Waals surface area (Å²) in [5, 5.41) is 11.4. The van der Waals surface area contributed by atoms with Gasteiger partial charge in [-0.25, -0.2) is 0 Å². The van der Waals surface area contributed by atoms with Gasteiger partial charge in [-0.3, -0.25) is 4.79 Å². The normalized spacial score (nSPS) is 12.0. The van der Waals surface area contributed by atoms with Gasteiger partial charge >= 0.3 is 0 Å². The number of aromatic nitrogens is 1. The van der Waals surface area contributed by atoms with Crippen molar-refractivity contribution in [1.82, 2.24) is 9.47 Å². The SMILES string of the molecule is CCN(CC/C(N)=N/O)CCn1ccccc1=O. The van der Waals surface area contributed by atoms with E-state index in [0.717, 1.165) is 13.1 Å². The molecule has 0 bridgehead atoms. The van der Waals surface area contributed by atoms with Gasteiger partial charge in [0.25, 0.3) is 5.56 Å². The van der Waals surface area contributed by atoms with Crippen LogP contribution in [0.4, 0.5) is 0 Å². The molecule has 0 aliphatic rings. The Morgan fingerprint density at radius 2 is 2.28 bits per heavy atom. The number of rotatable bonds is 7. The van der Waals surface area contributed by atoms with E-state index in [2.05, 4.69) is 10.1 Å². The molecule has 0 amide bonds. The van der Waals surface area contributed by atoms with Gasteiger partial charge in [-0.05, 0) is 12.6 Å². The minimum atomic E-state index is 0.00462. The summed E-state index contributed by atoms with van der Waals surface area (Å²) in [4.78, 5) is 13.7. The molecule has 1 aromatic heterocycles. The number of likely N-dealkylation sites (N-methyl/N-ethyl adjacent to an activating group) is 1. The molecule has 18 heavy (non-hydrogen) atoms. The summed E-state index contributed by atoms with van der Waals surface area (Å²) in [5.41, 5.74) is 5.43. The molecule has 0 aliphatic carbocycles. The van der Waals surface area contributed by atoms with Crippen LogP contribution in [0.2, 0.25) is 0 Å². The number of oxime groups is 1. The predicted octanol–water partition coefficient (Wildman–Crippen LogP) is 0.307. The molecular weight excluding hydrogens is 232 g/mol. The summed E-state index contributed by atoms with van der Waals surface area (Å²) in [5.74, 6) is 0.227. The molecule has 1 aromatic rings. The van der Waals surface area contributed by atoms with E-state index in [-0.39, 0.29) is 11.4 Å².